The average molecular weight is 329 g/mol. The van der Waals surface area contributed by atoms with E-state index in [0.717, 1.165) is 29.3 Å². The lowest BCUT2D eigenvalue weighted by atomic mass is 10.1. The lowest BCUT2D eigenvalue weighted by Gasteiger charge is -2.18. The molecule has 0 saturated carbocycles. The topological polar surface area (TPSA) is 39.7 Å². The maximum absolute atomic E-state index is 6.04. The van der Waals surface area contributed by atoms with Gasteiger partial charge < -0.3 is 19.5 Å². The van der Waals surface area contributed by atoms with E-state index >= 15 is 0 Å². The van der Waals surface area contributed by atoms with Gasteiger partial charge in [0.1, 0.15) is 24.2 Å². The number of hydrogen-bond donors (Lipinski definition) is 1. The van der Waals surface area contributed by atoms with Gasteiger partial charge in [-0.05, 0) is 62.2 Å². The summed E-state index contributed by atoms with van der Waals surface area (Å²) in [5, 5.41) is 3.39. The van der Waals surface area contributed by atoms with Gasteiger partial charge in [-0.3, -0.25) is 0 Å². The van der Waals surface area contributed by atoms with Gasteiger partial charge in [-0.2, -0.15) is 0 Å². The highest BCUT2D eigenvalue weighted by atomic mass is 16.5. The molecule has 1 atom stereocenters. The van der Waals surface area contributed by atoms with Crippen molar-refractivity contribution in [2.45, 2.75) is 26.9 Å². The Kier molecular flexibility index (Phi) is 6.94. The molecule has 24 heavy (non-hydrogen) atoms. The van der Waals surface area contributed by atoms with Gasteiger partial charge in [0, 0.05) is 12.8 Å². The molecule has 2 rings (SSSR count). The normalized spacial score (nSPS) is 11.8. The number of ether oxygens (including phenoxy) is 3. The van der Waals surface area contributed by atoms with E-state index in [2.05, 4.69) is 44.3 Å². The van der Waals surface area contributed by atoms with Crippen LogP contribution in [-0.2, 0) is 4.74 Å². The largest absolute Gasteiger partial charge is 0.491 e. The number of aryl methyl sites for hydroxylation is 2. The molecule has 130 valence electrons. The first-order valence-corrected chi connectivity index (χ1v) is 8.28. The van der Waals surface area contributed by atoms with Crippen LogP contribution in [0.4, 0.5) is 5.69 Å². The van der Waals surface area contributed by atoms with Crippen LogP contribution in [0.3, 0.4) is 0 Å². The zero-order valence-corrected chi connectivity index (χ0v) is 15.0. The Hall–Kier alpha value is -2.20. The Morgan fingerprint density at radius 1 is 1.00 bits per heavy atom. The smallest absolute Gasteiger partial charge is 0.122 e. The maximum Gasteiger partial charge on any atom is 0.122 e. The minimum absolute atomic E-state index is 0.0723. The first kappa shape index (κ1) is 18.1. The SMILES string of the molecule is COCCOc1ccc(NCC(C)Oc2cc(C)ccc2C)cc1. The molecular formula is C20H27NO3. The molecule has 0 bridgehead atoms. The number of hydrogen-bond acceptors (Lipinski definition) is 4. The molecule has 0 radical (unpaired) electrons. The second kappa shape index (κ2) is 9.18. The van der Waals surface area contributed by atoms with Crippen molar-refractivity contribution in [1.82, 2.24) is 0 Å². The number of nitrogens with one attached hydrogen (secondary N) is 1. The maximum atomic E-state index is 6.04. The van der Waals surface area contributed by atoms with Gasteiger partial charge in [-0.25, -0.2) is 0 Å². The molecular weight excluding hydrogens is 302 g/mol. The summed E-state index contributed by atoms with van der Waals surface area (Å²) in [7, 11) is 1.66. The highest BCUT2D eigenvalue weighted by Gasteiger charge is 2.07. The summed E-state index contributed by atoms with van der Waals surface area (Å²) < 4.78 is 16.6. The monoisotopic (exact) mass is 329 g/mol. The van der Waals surface area contributed by atoms with Gasteiger partial charge >= 0.3 is 0 Å². The fourth-order valence-electron chi connectivity index (χ4n) is 2.27. The van der Waals surface area contributed by atoms with E-state index in [0.29, 0.717) is 13.2 Å². The van der Waals surface area contributed by atoms with Crippen LogP contribution < -0.4 is 14.8 Å². The number of anilines is 1. The Morgan fingerprint density at radius 3 is 2.46 bits per heavy atom. The van der Waals surface area contributed by atoms with E-state index in [4.69, 9.17) is 14.2 Å². The molecule has 0 heterocycles. The first-order valence-electron chi connectivity index (χ1n) is 8.28. The zero-order chi connectivity index (χ0) is 17.4. The van der Waals surface area contributed by atoms with E-state index in [9.17, 15) is 0 Å². The number of benzene rings is 2. The van der Waals surface area contributed by atoms with Gasteiger partial charge in [0.15, 0.2) is 0 Å². The van der Waals surface area contributed by atoms with E-state index in [1.165, 1.54) is 5.56 Å². The van der Waals surface area contributed by atoms with Crippen molar-refractivity contribution in [2.75, 3.05) is 32.2 Å². The molecule has 4 heteroatoms. The summed E-state index contributed by atoms with van der Waals surface area (Å²) in [6.07, 6.45) is 0.0723. The van der Waals surface area contributed by atoms with Crippen molar-refractivity contribution in [3.8, 4) is 11.5 Å². The van der Waals surface area contributed by atoms with Crippen molar-refractivity contribution in [1.29, 1.82) is 0 Å². The highest BCUT2D eigenvalue weighted by molar-refractivity contribution is 5.46. The lowest BCUT2D eigenvalue weighted by Crippen LogP contribution is -2.23. The molecule has 0 aliphatic heterocycles. The summed E-state index contributed by atoms with van der Waals surface area (Å²) in [5.41, 5.74) is 3.41. The molecule has 0 saturated heterocycles. The zero-order valence-electron chi connectivity index (χ0n) is 15.0. The molecule has 0 aliphatic rings. The molecule has 1 unspecified atom stereocenters. The summed E-state index contributed by atoms with van der Waals surface area (Å²) in [6.45, 7) is 8.09. The second-order valence-electron chi connectivity index (χ2n) is 5.94. The van der Waals surface area contributed by atoms with Gasteiger partial charge in [0.25, 0.3) is 0 Å². The van der Waals surface area contributed by atoms with Gasteiger partial charge in [-0.1, -0.05) is 12.1 Å². The highest BCUT2D eigenvalue weighted by Crippen LogP contribution is 2.21. The quantitative estimate of drug-likeness (QED) is 0.700. The molecule has 0 aliphatic carbocycles. The van der Waals surface area contributed by atoms with Crippen LogP contribution in [-0.4, -0.2) is 33.0 Å². The van der Waals surface area contributed by atoms with Crippen molar-refractivity contribution in [3.05, 3.63) is 53.6 Å². The first-order chi connectivity index (χ1) is 11.6. The third-order valence-corrected chi connectivity index (χ3v) is 3.68. The Bertz CT molecular complexity index is 625. The fourth-order valence-corrected chi connectivity index (χ4v) is 2.27. The summed E-state index contributed by atoms with van der Waals surface area (Å²) in [5.74, 6) is 1.79. The fraction of sp³-hybridized carbons (Fsp3) is 0.400. The van der Waals surface area contributed by atoms with Crippen molar-refractivity contribution in [2.24, 2.45) is 0 Å². The molecule has 0 fully saturated rings. The predicted molar refractivity (Wildman–Crippen MR) is 98.3 cm³/mol. The molecule has 2 aromatic rings. The number of methoxy groups -OCH3 is 1. The standard InChI is InChI=1S/C20H27NO3/c1-15-5-6-16(2)20(13-15)24-17(3)14-21-18-7-9-19(10-8-18)23-12-11-22-4/h5-10,13,17,21H,11-12,14H2,1-4H3. The molecule has 4 nitrogen and oxygen atoms in total. The van der Waals surface area contributed by atoms with Crippen LogP contribution in [0.2, 0.25) is 0 Å². The summed E-state index contributed by atoms with van der Waals surface area (Å²) >= 11 is 0. The average Bonchev–Trinajstić information content (AvgIpc) is 2.58. The second-order valence-corrected chi connectivity index (χ2v) is 5.94. The third kappa shape index (κ3) is 5.78. The van der Waals surface area contributed by atoms with Crippen LogP contribution in [0.15, 0.2) is 42.5 Å². The summed E-state index contributed by atoms with van der Waals surface area (Å²) in [4.78, 5) is 0. The minimum Gasteiger partial charge on any atom is -0.491 e. The molecule has 0 spiro atoms. The number of rotatable bonds is 9. The van der Waals surface area contributed by atoms with E-state index in [1.807, 2.05) is 24.3 Å². The summed E-state index contributed by atoms with van der Waals surface area (Å²) in [6, 6.07) is 14.2. The Balaban J connectivity index is 1.80. The van der Waals surface area contributed by atoms with Crippen LogP contribution in [0, 0.1) is 13.8 Å². The van der Waals surface area contributed by atoms with E-state index in [1.54, 1.807) is 7.11 Å². The molecule has 2 aromatic carbocycles. The molecule has 0 amide bonds. The third-order valence-electron chi connectivity index (χ3n) is 3.68. The molecule has 0 aromatic heterocycles. The predicted octanol–water partition coefficient (Wildman–Crippen LogP) is 4.21. The van der Waals surface area contributed by atoms with Gasteiger partial charge in [-0.15, -0.1) is 0 Å². The Labute approximate surface area is 144 Å². The van der Waals surface area contributed by atoms with Crippen LogP contribution >= 0.6 is 0 Å². The minimum atomic E-state index is 0.0723. The van der Waals surface area contributed by atoms with Crippen LogP contribution in [0.25, 0.3) is 0 Å². The van der Waals surface area contributed by atoms with E-state index < -0.39 is 0 Å². The lowest BCUT2D eigenvalue weighted by molar-refractivity contribution is 0.146. The Morgan fingerprint density at radius 2 is 1.75 bits per heavy atom. The van der Waals surface area contributed by atoms with Gasteiger partial charge in [0.05, 0.1) is 13.2 Å². The van der Waals surface area contributed by atoms with E-state index in [-0.39, 0.29) is 6.10 Å². The van der Waals surface area contributed by atoms with Crippen LogP contribution in [0.5, 0.6) is 11.5 Å². The van der Waals surface area contributed by atoms with Crippen molar-refractivity contribution < 1.29 is 14.2 Å². The van der Waals surface area contributed by atoms with Crippen molar-refractivity contribution in [3.63, 3.8) is 0 Å². The van der Waals surface area contributed by atoms with Crippen LogP contribution in [0.1, 0.15) is 18.1 Å². The van der Waals surface area contributed by atoms with Crippen molar-refractivity contribution >= 4 is 5.69 Å². The molecule has 1 N–H and O–H groups in total. The van der Waals surface area contributed by atoms with Gasteiger partial charge in [0.2, 0.25) is 0 Å².